The maximum Gasteiger partial charge on any atom is 0.277 e. The number of aromatic nitrogens is 2. The Morgan fingerprint density at radius 2 is 1.92 bits per heavy atom. The largest absolute Gasteiger partial charge is 0.411 e. The SMILES string of the molecule is O=C(CSc1nnc(-c2ccc(Cl)cc2)o1)N1CCC[C@H]2CCCC[C@@H]21. The molecule has 1 saturated heterocycles. The van der Waals surface area contributed by atoms with Crippen molar-refractivity contribution in [2.24, 2.45) is 5.92 Å². The zero-order chi connectivity index (χ0) is 17.9. The van der Waals surface area contributed by atoms with Crippen LogP contribution in [0.15, 0.2) is 33.9 Å². The molecule has 1 aliphatic heterocycles. The van der Waals surface area contributed by atoms with E-state index in [9.17, 15) is 4.79 Å². The van der Waals surface area contributed by atoms with Gasteiger partial charge in [0, 0.05) is 23.2 Å². The van der Waals surface area contributed by atoms with Crippen LogP contribution in [0.25, 0.3) is 11.5 Å². The van der Waals surface area contributed by atoms with Gasteiger partial charge >= 0.3 is 0 Å². The van der Waals surface area contributed by atoms with Crippen molar-refractivity contribution in [2.45, 2.75) is 49.8 Å². The minimum atomic E-state index is 0.192. The van der Waals surface area contributed by atoms with Crippen molar-refractivity contribution in [3.8, 4) is 11.5 Å². The Hall–Kier alpha value is -1.53. The minimum Gasteiger partial charge on any atom is -0.411 e. The van der Waals surface area contributed by atoms with E-state index in [1.165, 1.54) is 37.4 Å². The fourth-order valence-electron chi connectivity index (χ4n) is 4.12. The number of carbonyl (C=O) groups excluding carboxylic acids is 1. The number of likely N-dealkylation sites (tertiary alicyclic amines) is 1. The van der Waals surface area contributed by atoms with Crippen LogP contribution in [-0.4, -0.2) is 39.3 Å². The molecule has 7 heteroatoms. The number of fused-ring (bicyclic) bond motifs is 1. The summed E-state index contributed by atoms with van der Waals surface area (Å²) >= 11 is 7.22. The molecule has 2 atom stereocenters. The van der Waals surface area contributed by atoms with Gasteiger partial charge in [-0.05, 0) is 55.9 Å². The van der Waals surface area contributed by atoms with Crippen molar-refractivity contribution in [2.75, 3.05) is 12.3 Å². The average molecular weight is 392 g/mol. The van der Waals surface area contributed by atoms with Gasteiger partial charge in [0.15, 0.2) is 0 Å². The number of benzene rings is 1. The molecule has 0 bridgehead atoms. The molecule has 1 aliphatic carbocycles. The summed E-state index contributed by atoms with van der Waals surface area (Å²) in [6.07, 6.45) is 7.38. The molecule has 0 N–H and O–H groups in total. The Bertz CT molecular complexity index is 762. The molecule has 5 nitrogen and oxygen atoms in total. The summed E-state index contributed by atoms with van der Waals surface area (Å²) in [7, 11) is 0. The van der Waals surface area contributed by atoms with E-state index in [-0.39, 0.29) is 5.91 Å². The summed E-state index contributed by atoms with van der Waals surface area (Å²) in [5.74, 6) is 1.69. The van der Waals surface area contributed by atoms with Gasteiger partial charge in [-0.3, -0.25) is 4.79 Å². The third kappa shape index (κ3) is 3.91. The van der Waals surface area contributed by atoms with Crippen molar-refractivity contribution >= 4 is 29.3 Å². The average Bonchev–Trinajstić information content (AvgIpc) is 3.15. The van der Waals surface area contributed by atoms with Gasteiger partial charge in [-0.1, -0.05) is 36.2 Å². The summed E-state index contributed by atoms with van der Waals surface area (Å²) in [5, 5.41) is 9.22. The predicted molar refractivity (Wildman–Crippen MR) is 102 cm³/mol. The molecule has 1 amide bonds. The molecule has 2 heterocycles. The molecule has 4 rings (SSSR count). The molecular weight excluding hydrogens is 370 g/mol. The topological polar surface area (TPSA) is 59.2 Å². The van der Waals surface area contributed by atoms with Crippen molar-refractivity contribution < 1.29 is 9.21 Å². The first-order valence-corrected chi connectivity index (χ1v) is 10.6. The lowest BCUT2D eigenvalue weighted by Crippen LogP contribution is -2.50. The second kappa shape index (κ2) is 8.01. The number of carbonyl (C=O) groups is 1. The van der Waals surface area contributed by atoms with E-state index in [4.69, 9.17) is 16.0 Å². The van der Waals surface area contributed by atoms with E-state index >= 15 is 0 Å². The van der Waals surface area contributed by atoms with Gasteiger partial charge < -0.3 is 9.32 Å². The van der Waals surface area contributed by atoms with Gasteiger partial charge in [0.05, 0.1) is 5.75 Å². The number of piperidine rings is 1. The summed E-state index contributed by atoms with van der Waals surface area (Å²) < 4.78 is 5.68. The van der Waals surface area contributed by atoms with Crippen molar-refractivity contribution in [3.05, 3.63) is 29.3 Å². The molecule has 2 fully saturated rings. The Morgan fingerprint density at radius 3 is 2.77 bits per heavy atom. The highest BCUT2D eigenvalue weighted by Crippen LogP contribution is 2.35. The molecule has 0 spiro atoms. The first-order chi connectivity index (χ1) is 12.7. The van der Waals surface area contributed by atoms with Gasteiger partial charge in [0.1, 0.15) is 0 Å². The highest BCUT2D eigenvalue weighted by atomic mass is 35.5. The molecule has 2 aromatic rings. The van der Waals surface area contributed by atoms with Crippen molar-refractivity contribution in [1.29, 1.82) is 0 Å². The monoisotopic (exact) mass is 391 g/mol. The molecule has 0 unspecified atom stereocenters. The van der Waals surface area contributed by atoms with Gasteiger partial charge in [0.25, 0.3) is 5.22 Å². The third-order valence-electron chi connectivity index (χ3n) is 5.38. The van der Waals surface area contributed by atoms with E-state index in [2.05, 4.69) is 15.1 Å². The summed E-state index contributed by atoms with van der Waals surface area (Å²) in [6, 6.07) is 7.69. The molecule has 138 valence electrons. The van der Waals surface area contributed by atoms with E-state index < -0.39 is 0 Å². The first-order valence-electron chi connectivity index (χ1n) is 9.22. The molecule has 0 radical (unpaired) electrons. The smallest absolute Gasteiger partial charge is 0.277 e. The Kier molecular flexibility index (Phi) is 5.50. The number of hydrogen-bond donors (Lipinski definition) is 0. The zero-order valence-corrected chi connectivity index (χ0v) is 16.1. The lowest BCUT2D eigenvalue weighted by molar-refractivity contribution is -0.134. The molecule has 2 aliphatic rings. The van der Waals surface area contributed by atoms with Gasteiger partial charge in [-0.2, -0.15) is 0 Å². The zero-order valence-electron chi connectivity index (χ0n) is 14.6. The van der Waals surface area contributed by atoms with Crippen LogP contribution in [-0.2, 0) is 4.79 Å². The fraction of sp³-hybridized carbons (Fsp3) is 0.526. The highest BCUT2D eigenvalue weighted by molar-refractivity contribution is 7.99. The lowest BCUT2D eigenvalue weighted by Gasteiger charge is -2.44. The number of hydrogen-bond acceptors (Lipinski definition) is 5. The second-order valence-corrected chi connectivity index (χ2v) is 8.37. The van der Waals surface area contributed by atoms with Crippen LogP contribution < -0.4 is 0 Å². The van der Waals surface area contributed by atoms with Crippen LogP contribution in [0, 0.1) is 5.92 Å². The standard InChI is InChI=1S/C19H22ClN3O2S/c20-15-9-7-14(8-10-15)18-21-22-19(25-18)26-12-17(24)23-11-3-5-13-4-1-2-6-16(13)23/h7-10,13,16H,1-6,11-12H2/t13-,16+/m1/s1. The summed E-state index contributed by atoms with van der Waals surface area (Å²) in [4.78, 5) is 14.8. The number of thioether (sulfide) groups is 1. The van der Waals surface area contributed by atoms with Crippen LogP contribution in [0.5, 0.6) is 0 Å². The highest BCUT2D eigenvalue weighted by Gasteiger charge is 2.35. The number of amides is 1. The Balaban J connectivity index is 1.36. The number of nitrogens with zero attached hydrogens (tertiary/aromatic N) is 3. The lowest BCUT2D eigenvalue weighted by atomic mass is 9.78. The first kappa shape index (κ1) is 17.9. The van der Waals surface area contributed by atoms with Crippen molar-refractivity contribution in [1.82, 2.24) is 15.1 Å². The quantitative estimate of drug-likeness (QED) is 0.709. The predicted octanol–water partition coefficient (Wildman–Crippen LogP) is 4.66. The minimum absolute atomic E-state index is 0.192. The van der Waals surface area contributed by atoms with Crippen LogP contribution >= 0.6 is 23.4 Å². The second-order valence-electron chi connectivity index (χ2n) is 7.01. The molecule has 26 heavy (non-hydrogen) atoms. The van der Waals surface area contributed by atoms with Crippen LogP contribution in [0.2, 0.25) is 5.02 Å². The van der Waals surface area contributed by atoms with Gasteiger partial charge in [0.2, 0.25) is 11.8 Å². The van der Waals surface area contributed by atoms with E-state index in [0.29, 0.717) is 33.8 Å². The Morgan fingerprint density at radius 1 is 1.15 bits per heavy atom. The van der Waals surface area contributed by atoms with E-state index in [0.717, 1.165) is 24.9 Å². The van der Waals surface area contributed by atoms with E-state index in [1.54, 1.807) is 12.1 Å². The van der Waals surface area contributed by atoms with Gasteiger partial charge in [-0.25, -0.2) is 0 Å². The Labute approximate surface area is 162 Å². The molecule has 1 aromatic heterocycles. The van der Waals surface area contributed by atoms with Crippen LogP contribution in [0.3, 0.4) is 0 Å². The summed E-state index contributed by atoms with van der Waals surface area (Å²) in [5.41, 5.74) is 0.821. The van der Waals surface area contributed by atoms with E-state index in [1.807, 2.05) is 12.1 Å². The normalized spacial score (nSPS) is 22.9. The maximum atomic E-state index is 12.7. The van der Waals surface area contributed by atoms with Crippen LogP contribution in [0.1, 0.15) is 38.5 Å². The van der Waals surface area contributed by atoms with Gasteiger partial charge in [-0.15, -0.1) is 10.2 Å². The molecule has 1 saturated carbocycles. The fourth-order valence-corrected chi connectivity index (χ4v) is 4.89. The third-order valence-corrected chi connectivity index (χ3v) is 6.44. The van der Waals surface area contributed by atoms with Crippen molar-refractivity contribution in [3.63, 3.8) is 0 Å². The number of halogens is 1. The maximum absolute atomic E-state index is 12.7. The molecular formula is C19H22ClN3O2S. The molecule has 1 aromatic carbocycles. The van der Waals surface area contributed by atoms with Crippen LogP contribution in [0.4, 0.5) is 0 Å². The number of rotatable bonds is 4. The summed E-state index contributed by atoms with van der Waals surface area (Å²) in [6.45, 7) is 0.889.